The number of nitrogens with one attached hydrogen (secondary N) is 1. The van der Waals surface area contributed by atoms with Crippen LogP contribution in [0, 0.1) is 6.92 Å². The van der Waals surface area contributed by atoms with Crippen molar-refractivity contribution in [1.29, 1.82) is 0 Å². The zero-order valence-corrected chi connectivity index (χ0v) is 14.3. The summed E-state index contributed by atoms with van der Waals surface area (Å²) < 4.78 is 5.68. The molecule has 0 aliphatic carbocycles. The van der Waals surface area contributed by atoms with Gasteiger partial charge < -0.3 is 19.6 Å². The molecule has 0 radical (unpaired) electrons. The number of aliphatic hydroxyl groups excluding tert-OH is 1. The average Bonchev–Trinajstić information content (AvgIpc) is 2.63. The highest BCUT2D eigenvalue weighted by molar-refractivity contribution is 5.46. The first-order valence-electron chi connectivity index (χ1n) is 8.72. The molecule has 1 heterocycles. The minimum Gasteiger partial charge on any atom is -0.491 e. The van der Waals surface area contributed by atoms with E-state index < -0.39 is 6.10 Å². The predicted octanol–water partition coefficient (Wildman–Crippen LogP) is 1.14. The molecule has 0 amide bonds. The standard InChI is InChI=1S/C20H26N2O2/c1-17-7-9-20(10-8-17)24-16-19(23)15-21-11-13-22(14-12-21)18-5-3-2-4-6-18/h2-10,19,23H,11-16H2,1H3/p+1/t19-/m1/s1. The molecule has 0 saturated carbocycles. The third-order valence-electron chi connectivity index (χ3n) is 4.58. The van der Waals surface area contributed by atoms with Crippen molar-refractivity contribution in [3.8, 4) is 5.75 Å². The van der Waals surface area contributed by atoms with Gasteiger partial charge in [0, 0.05) is 5.69 Å². The number of aryl methyl sites for hydroxylation is 1. The summed E-state index contributed by atoms with van der Waals surface area (Å²) in [6, 6.07) is 18.5. The molecule has 0 unspecified atom stereocenters. The van der Waals surface area contributed by atoms with Gasteiger partial charge in [0.15, 0.2) is 0 Å². The third-order valence-corrected chi connectivity index (χ3v) is 4.58. The van der Waals surface area contributed by atoms with Crippen molar-refractivity contribution in [2.24, 2.45) is 0 Å². The summed E-state index contributed by atoms with van der Waals surface area (Å²) in [7, 11) is 0. The minimum atomic E-state index is -0.426. The maximum absolute atomic E-state index is 10.2. The van der Waals surface area contributed by atoms with Crippen molar-refractivity contribution in [1.82, 2.24) is 0 Å². The van der Waals surface area contributed by atoms with E-state index in [0.717, 1.165) is 38.5 Å². The molecule has 0 spiro atoms. The van der Waals surface area contributed by atoms with Gasteiger partial charge in [0.05, 0.1) is 26.2 Å². The van der Waals surface area contributed by atoms with E-state index in [0.29, 0.717) is 6.61 Å². The van der Waals surface area contributed by atoms with Crippen LogP contribution in [0.25, 0.3) is 0 Å². The van der Waals surface area contributed by atoms with Crippen molar-refractivity contribution in [3.05, 3.63) is 60.2 Å². The van der Waals surface area contributed by atoms with E-state index in [1.165, 1.54) is 16.2 Å². The summed E-state index contributed by atoms with van der Waals surface area (Å²) >= 11 is 0. The Labute approximate surface area is 144 Å². The Morgan fingerprint density at radius 2 is 1.71 bits per heavy atom. The lowest BCUT2D eigenvalue weighted by molar-refractivity contribution is -0.903. The van der Waals surface area contributed by atoms with Gasteiger partial charge in [0.25, 0.3) is 0 Å². The molecule has 3 rings (SSSR count). The molecule has 1 aliphatic rings. The number of quaternary nitrogens is 1. The zero-order chi connectivity index (χ0) is 16.8. The van der Waals surface area contributed by atoms with Crippen LogP contribution in [0.2, 0.25) is 0 Å². The fraction of sp³-hybridized carbons (Fsp3) is 0.400. The van der Waals surface area contributed by atoms with Gasteiger partial charge in [-0.1, -0.05) is 35.9 Å². The maximum Gasteiger partial charge on any atom is 0.137 e. The number of hydrogen-bond donors (Lipinski definition) is 2. The summed E-state index contributed by atoms with van der Waals surface area (Å²) in [6.07, 6.45) is -0.426. The van der Waals surface area contributed by atoms with Crippen molar-refractivity contribution >= 4 is 5.69 Å². The molecule has 2 N–H and O–H groups in total. The number of anilines is 1. The number of para-hydroxylation sites is 1. The number of ether oxygens (including phenoxy) is 1. The highest BCUT2D eigenvalue weighted by atomic mass is 16.5. The second kappa shape index (κ2) is 8.18. The summed E-state index contributed by atoms with van der Waals surface area (Å²) in [4.78, 5) is 3.86. The Balaban J connectivity index is 1.40. The highest BCUT2D eigenvalue weighted by Crippen LogP contribution is 2.13. The van der Waals surface area contributed by atoms with Crippen molar-refractivity contribution < 1.29 is 14.7 Å². The van der Waals surface area contributed by atoms with E-state index >= 15 is 0 Å². The number of piperazine rings is 1. The molecule has 2 aromatic rings. The number of rotatable bonds is 6. The van der Waals surface area contributed by atoms with E-state index in [-0.39, 0.29) is 0 Å². The van der Waals surface area contributed by atoms with Crippen LogP contribution in [0.1, 0.15) is 5.56 Å². The summed E-state index contributed by atoms with van der Waals surface area (Å²) in [5, 5.41) is 10.2. The lowest BCUT2D eigenvalue weighted by atomic mass is 10.2. The Morgan fingerprint density at radius 1 is 1.04 bits per heavy atom. The first-order valence-corrected chi connectivity index (χ1v) is 8.72. The first kappa shape index (κ1) is 16.8. The van der Waals surface area contributed by atoms with Crippen LogP contribution in [-0.2, 0) is 0 Å². The molecule has 1 fully saturated rings. The van der Waals surface area contributed by atoms with Crippen molar-refractivity contribution in [2.75, 3.05) is 44.2 Å². The number of benzene rings is 2. The first-order chi connectivity index (χ1) is 11.7. The van der Waals surface area contributed by atoms with Gasteiger partial charge in [0.1, 0.15) is 25.0 Å². The minimum absolute atomic E-state index is 0.356. The Morgan fingerprint density at radius 3 is 2.38 bits per heavy atom. The molecule has 0 bridgehead atoms. The number of aliphatic hydroxyl groups is 1. The molecule has 1 atom stereocenters. The number of nitrogens with zero attached hydrogens (tertiary/aromatic N) is 1. The van der Waals surface area contributed by atoms with Crippen molar-refractivity contribution in [2.45, 2.75) is 13.0 Å². The van der Waals surface area contributed by atoms with Gasteiger partial charge in [-0.15, -0.1) is 0 Å². The molecule has 4 heteroatoms. The molecule has 2 aromatic carbocycles. The van der Waals surface area contributed by atoms with Gasteiger partial charge in [0.2, 0.25) is 0 Å². The molecule has 1 aliphatic heterocycles. The third kappa shape index (κ3) is 4.73. The molecule has 4 nitrogen and oxygen atoms in total. The largest absolute Gasteiger partial charge is 0.491 e. The van der Waals surface area contributed by atoms with Crippen LogP contribution in [0.4, 0.5) is 5.69 Å². The molecule has 0 aromatic heterocycles. The van der Waals surface area contributed by atoms with E-state index in [2.05, 4.69) is 42.2 Å². The van der Waals surface area contributed by atoms with Gasteiger partial charge in [-0.25, -0.2) is 0 Å². The second-order valence-corrected chi connectivity index (χ2v) is 6.55. The van der Waals surface area contributed by atoms with Gasteiger partial charge in [-0.2, -0.15) is 0 Å². The second-order valence-electron chi connectivity index (χ2n) is 6.55. The number of hydrogen-bond acceptors (Lipinski definition) is 3. The average molecular weight is 327 g/mol. The van der Waals surface area contributed by atoms with Gasteiger partial charge >= 0.3 is 0 Å². The molecule has 1 saturated heterocycles. The fourth-order valence-corrected chi connectivity index (χ4v) is 3.14. The lowest BCUT2D eigenvalue weighted by Gasteiger charge is -2.34. The fourth-order valence-electron chi connectivity index (χ4n) is 3.14. The maximum atomic E-state index is 10.2. The van der Waals surface area contributed by atoms with Crippen LogP contribution in [0.5, 0.6) is 5.75 Å². The molecule has 24 heavy (non-hydrogen) atoms. The van der Waals surface area contributed by atoms with Crippen LogP contribution in [-0.4, -0.2) is 50.5 Å². The summed E-state index contributed by atoms with van der Waals surface area (Å²) in [6.45, 7) is 7.32. The van der Waals surface area contributed by atoms with Crippen LogP contribution >= 0.6 is 0 Å². The highest BCUT2D eigenvalue weighted by Gasteiger charge is 2.22. The quantitative estimate of drug-likeness (QED) is 0.835. The van der Waals surface area contributed by atoms with E-state index in [9.17, 15) is 5.11 Å². The lowest BCUT2D eigenvalue weighted by Crippen LogP contribution is -3.16. The predicted molar refractivity (Wildman–Crippen MR) is 96.9 cm³/mol. The van der Waals surface area contributed by atoms with E-state index in [1.807, 2.05) is 24.3 Å². The van der Waals surface area contributed by atoms with E-state index in [1.54, 1.807) is 0 Å². The normalized spacial score (nSPS) is 16.8. The summed E-state index contributed by atoms with van der Waals surface area (Å²) in [5.41, 5.74) is 2.50. The van der Waals surface area contributed by atoms with Crippen LogP contribution in [0.3, 0.4) is 0 Å². The Hall–Kier alpha value is -2.04. The topological polar surface area (TPSA) is 37.1 Å². The monoisotopic (exact) mass is 327 g/mol. The van der Waals surface area contributed by atoms with Crippen LogP contribution < -0.4 is 14.5 Å². The van der Waals surface area contributed by atoms with Crippen LogP contribution in [0.15, 0.2) is 54.6 Å². The van der Waals surface area contributed by atoms with Crippen molar-refractivity contribution in [3.63, 3.8) is 0 Å². The SMILES string of the molecule is Cc1ccc(OC[C@H](O)C[NH+]2CCN(c3ccccc3)CC2)cc1. The molecular formula is C20H27N2O2+. The Kier molecular flexibility index (Phi) is 5.72. The van der Waals surface area contributed by atoms with Gasteiger partial charge in [-0.05, 0) is 31.2 Å². The Bertz CT molecular complexity index is 607. The summed E-state index contributed by atoms with van der Waals surface area (Å²) in [5.74, 6) is 0.823. The van der Waals surface area contributed by atoms with Gasteiger partial charge in [-0.3, -0.25) is 0 Å². The molecule has 128 valence electrons. The van der Waals surface area contributed by atoms with E-state index in [4.69, 9.17) is 4.74 Å². The smallest absolute Gasteiger partial charge is 0.137 e. The molecular weight excluding hydrogens is 300 g/mol. The zero-order valence-electron chi connectivity index (χ0n) is 14.3.